The van der Waals surface area contributed by atoms with E-state index in [1.807, 2.05) is 0 Å². The molecule has 1 aliphatic heterocycles. The molecule has 9 atom stereocenters. The Morgan fingerprint density at radius 1 is 0.739 bits per heavy atom. The van der Waals surface area contributed by atoms with Gasteiger partial charge < -0.3 is 9.47 Å². The lowest BCUT2D eigenvalue weighted by Crippen LogP contribution is -2.54. The number of halogens is 1. The number of hydrogen-bond acceptors (Lipinski definition) is 3. The van der Waals surface area contributed by atoms with Gasteiger partial charge in [-0.2, -0.15) is 0 Å². The van der Waals surface area contributed by atoms with Gasteiger partial charge in [0.2, 0.25) is 0 Å². The third kappa shape index (κ3) is 2.41. The maximum atomic E-state index is 12.9. The van der Waals surface area contributed by atoms with Gasteiger partial charge in [-0.15, -0.1) is 11.6 Å². The zero-order valence-electron chi connectivity index (χ0n) is 13.7. The van der Waals surface area contributed by atoms with Crippen molar-refractivity contribution in [3.63, 3.8) is 0 Å². The molecule has 1 saturated heterocycles. The second-order valence-corrected chi connectivity index (χ2v) is 9.15. The average molecular weight is 339 g/mol. The van der Waals surface area contributed by atoms with Crippen LogP contribution in [-0.2, 0) is 14.3 Å². The molecular formula is C19H27ClO3. The molecule has 23 heavy (non-hydrogen) atoms. The molecule has 1 heterocycles. The predicted molar refractivity (Wildman–Crippen MR) is 87.5 cm³/mol. The van der Waals surface area contributed by atoms with Crippen molar-refractivity contribution in [2.75, 3.05) is 0 Å². The van der Waals surface area contributed by atoms with Gasteiger partial charge in [-0.25, -0.2) is 0 Å². The van der Waals surface area contributed by atoms with Crippen LogP contribution in [0.4, 0.5) is 0 Å². The first-order valence-corrected chi connectivity index (χ1v) is 10.1. The lowest BCUT2D eigenvalue weighted by atomic mass is 9.71. The first-order valence-electron chi connectivity index (χ1n) is 9.69. The molecule has 5 rings (SSSR count). The molecule has 128 valence electrons. The Morgan fingerprint density at radius 3 is 2.13 bits per heavy atom. The van der Waals surface area contributed by atoms with Gasteiger partial charge in [0.05, 0.1) is 24.4 Å². The van der Waals surface area contributed by atoms with E-state index in [4.69, 9.17) is 21.1 Å². The summed E-state index contributed by atoms with van der Waals surface area (Å²) < 4.78 is 12.9. The van der Waals surface area contributed by atoms with E-state index in [2.05, 4.69) is 0 Å². The molecule has 4 heteroatoms. The minimum Gasteiger partial charge on any atom is -0.370 e. The first-order chi connectivity index (χ1) is 11.2. The summed E-state index contributed by atoms with van der Waals surface area (Å²) in [7, 11) is 0. The van der Waals surface area contributed by atoms with E-state index < -0.39 is 0 Å². The van der Waals surface area contributed by atoms with E-state index in [0.29, 0.717) is 23.7 Å². The maximum Gasteiger partial charge on any atom is 0.139 e. The Kier molecular flexibility index (Phi) is 3.76. The van der Waals surface area contributed by atoms with Crippen LogP contribution >= 0.6 is 11.6 Å². The first kappa shape index (κ1) is 15.2. The van der Waals surface area contributed by atoms with Crippen LogP contribution in [0, 0.1) is 23.7 Å². The van der Waals surface area contributed by atoms with Crippen molar-refractivity contribution in [2.24, 2.45) is 23.7 Å². The van der Waals surface area contributed by atoms with Crippen molar-refractivity contribution < 1.29 is 14.3 Å². The highest BCUT2D eigenvalue weighted by molar-refractivity contribution is 6.20. The highest BCUT2D eigenvalue weighted by Crippen LogP contribution is 2.54. The van der Waals surface area contributed by atoms with Crippen molar-refractivity contribution in [1.82, 2.24) is 0 Å². The fourth-order valence-electron chi connectivity index (χ4n) is 6.33. The zero-order valence-corrected chi connectivity index (χ0v) is 14.4. The predicted octanol–water partition coefficient (Wildman–Crippen LogP) is 3.71. The Bertz CT molecular complexity index is 495. The number of alkyl halides is 1. The smallest absolute Gasteiger partial charge is 0.139 e. The third-order valence-electron chi connectivity index (χ3n) is 7.38. The van der Waals surface area contributed by atoms with Crippen LogP contribution in [0.3, 0.4) is 0 Å². The average Bonchev–Trinajstić information content (AvgIpc) is 2.83. The minimum atomic E-state index is 0.159. The number of hydrogen-bond donors (Lipinski definition) is 0. The molecule has 3 nitrogen and oxygen atoms in total. The summed E-state index contributed by atoms with van der Waals surface area (Å²) in [5.74, 6) is 2.04. The van der Waals surface area contributed by atoms with Crippen LogP contribution < -0.4 is 0 Å². The molecule has 0 spiro atoms. The summed E-state index contributed by atoms with van der Waals surface area (Å²) in [6, 6.07) is 0. The number of fused-ring (bicyclic) bond motifs is 5. The van der Waals surface area contributed by atoms with Crippen LogP contribution in [0.2, 0.25) is 0 Å². The Labute approximate surface area is 143 Å². The van der Waals surface area contributed by atoms with Gasteiger partial charge in [-0.1, -0.05) is 12.8 Å². The summed E-state index contributed by atoms with van der Waals surface area (Å²) >= 11 is 6.35. The number of ketones is 1. The largest absolute Gasteiger partial charge is 0.370 e. The highest BCUT2D eigenvalue weighted by Gasteiger charge is 2.57. The van der Waals surface area contributed by atoms with Crippen LogP contribution in [-0.4, -0.2) is 35.6 Å². The van der Waals surface area contributed by atoms with Gasteiger partial charge in [0.1, 0.15) is 5.78 Å². The van der Waals surface area contributed by atoms with Crippen molar-refractivity contribution in [3.05, 3.63) is 0 Å². The molecule has 0 aromatic rings. The molecule has 0 N–H and O–H groups in total. The van der Waals surface area contributed by atoms with E-state index in [0.717, 1.165) is 44.9 Å². The van der Waals surface area contributed by atoms with Gasteiger partial charge in [0.15, 0.2) is 0 Å². The summed E-state index contributed by atoms with van der Waals surface area (Å²) in [6.45, 7) is 0. The lowest BCUT2D eigenvalue weighted by molar-refractivity contribution is -0.248. The molecular weight excluding hydrogens is 312 g/mol. The molecule has 9 unspecified atom stereocenters. The van der Waals surface area contributed by atoms with E-state index >= 15 is 0 Å². The Hall–Kier alpha value is -0.120. The van der Waals surface area contributed by atoms with Gasteiger partial charge in [0.25, 0.3) is 0 Å². The molecule has 0 amide bonds. The van der Waals surface area contributed by atoms with Crippen molar-refractivity contribution in [1.29, 1.82) is 0 Å². The minimum absolute atomic E-state index is 0.159. The van der Waals surface area contributed by atoms with Crippen LogP contribution in [0.25, 0.3) is 0 Å². The molecule has 5 fully saturated rings. The quantitative estimate of drug-likeness (QED) is 0.631. The summed E-state index contributed by atoms with van der Waals surface area (Å²) in [6.07, 6.45) is 10.9. The van der Waals surface area contributed by atoms with Crippen molar-refractivity contribution in [3.8, 4) is 0 Å². The second kappa shape index (κ2) is 5.71. The Morgan fingerprint density at radius 2 is 1.39 bits per heavy atom. The van der Waals surface area contributed by atoms with Gasteiger partial charge >= 0.3 is 0 Å². The van der Waals surface area contributed by atoms with Crippen molar-refractivity contribution in [2.45, 2.75) is 87.6 Å². The number of Topliss-reactive ketones (excluding diaryl/α,β-unsaturated/α-hetero) is 1. The fraction of sp³-hybridized carbons (Fsp3) is 0.947. The van der Waals surface area contributed by atoms with Crippen LogP contribution in [0.15, 0.2) is 0 Å². The highest BCUT2D eigenvalue weighted by atomic mass is 35.5. The number of rotatable bonds is 0. The molecule has 4 aliphatic carbocycles. The van der Waals surface area contributed by atoms with Crippen LogP contribution in [0.1, 0.15) is 57.8 Å². The Balaban J connectivity index is 1.36. The zero-order chi connectivity index (χ0) is 15.6. The molecule has 4 saturated carbocycles. The van der Waals surface area contributed by atoms with Gasteiger partial charge in [-0.3, -0.25) is 4.79 Å². The SMILES string of the molecule is O=C1C2CC(Cl)CCC2C2CC3OC4CCCCC4OC3CC12. The van der Waals surface area contributed by atoms with Crippen molar-refractivity contribution >= 4 is 17.4 Å². The lowest BCUT2D eigenvalue weighted by Gasteiger charge is -2.49. The summed E-state index contributed by atoms with van der Waals surface area (Å²) in [4.78, 5) is 12.9. The third-order valence-corrected chi connectivity index (χ3v) is 7.78. The van der Waals surface area contributed by atoms with E-state index in [9.17, 15) is 4.79 Å². The number of carbonyl (C=O) groups excluding carboxylic acids is 1. The number of carbonyl (C=O) groups is 1. The molecule has 0 bridgehead atoms. The summed E-state index contributed by atoms with van der Waals surface area (Å²) in [5, 5.41) is 0.206. The molecule has 0 radical (unpaired) electrons. The summed E-state index contributed by atoms with van der Waals surface area (Å²) in [5.41, 5.74) is 0. The van der Waals surface area contributed by atoms with Gasteiger partial charge in [-0.05, 0) is 56.8 Å². The molecule has 0 aromatic carbocycles. The fourth-order valence-corrected chi connectivity index (χ4v) is 6.65. The molecule has 5 aliphatic rings. The number of ether oxygens (including phenoxy) is 2. The second-order valence-electron chi connectivity index (χ2n) is 8.54. The van der Waals surface area contributed by atoms with Gasteiger partial charge in [0, 0.05) is 17.2 Å². The maximum absolute atomic E-state index is 12.9. The standard InChI is InChI=1S/C19H27ClO3/c20-10-5-6-11-12-8-17-18(9-14(12)19(21)13(11)7-10)23-16-4-2-1-3-15(16)22-17/h10-18H,1-9H2. The normalized spacial score (nSPS) is 55.5. The van der Waals surface area contributed by atoms with E-state index in [-0.39, 0.29) is 35.5 Å². The monoisotopic (exact) mass is 338 g/mol. The molecule has 0 aromatic heterocycles. The van der Waals surface area contributed by atoms with Crippen LogP contribution in [0.5, 0.6) is 0 Å². The van der Waals surface area contributed by atoms with E-state index in [1.54, 1.807) is 0 Å². The topological polar surface area (TPSA) is 35.5 Å². The van der Waals surface area contributed by atoms with E-state index in [1.165, 1.54) is 12.8 Å².